The third-order valence-electron chi connectivity index (χ3n) is 7.50. The number of carbonyl (C=O) groups excluding carboxylic acids is 1. The molecule has 0 amide bonds. The Labute approximate surface area is 232 Å². The zero-order chi connectivity index (χ0) is 29.0. The zero-order valence-electron chi connectivity index (χ0n) is 22.0. The van der Waals surface area contributed by atoms with E-state index in [4.69, 9.17) is 14.0 Å². The third-order valence-corrected chi connectivity index (χ3v) is 7.50. The molecule has 5 rings (SSSR count). The Kier molecular flexibility index (Phi) is 8.06. The van der Waals surface area contributed by atoms with Crippen LogP contribution in [0.2, 0.25) is 0 Å². The second-order valence-corrected chi connectivity index (χ2v) is 10.1. The van der Waals surface area contributed by atoms with Crippen LogP contribution in [0.4, 0.5) is 0 Å². The second-order valence-electron chi connectivity index (χ2n) is 10.1. The molecule has 0 atom stereocenters. The van der Waals surface area contributed by atoms with Crippen LogP contribution in [-0.2, 0) is 20.9 Å². The summed E-state index contributed by atoms with van der Waals surface area (Å²) in [6.45, 7) is 1.62. The fourth-order valence-electron chi connectivity index (χ4n) is 4.96. The molecular weight excluding hydrogens is 536 g/mol. The number of hydrogen-bond acceptors (Lipinski definition) is 10. The van der Waals surface area contributed by atoms with E-state index in [1.54, 1.807) is 36.4 Å². The van der Waals surface area contributed by atoms with Crippen LogP contribution >= 0.6 is 0 Å². The smallest absolute Gasteiger partial charge is 0.321 e. The average molecular weight is 565 g/mol. The first-order valence-corrected chi connectivity index (χ1v) is 13.2. The minimum Gasteiger partial charge on any atom is -0.493 e. The number of aryl methyl sites for hydroxylation is 1. The molecular formula is C28H28N4O9. The molecule has 4 aromatic rings. The molecule has 0 aliphatic carbocycles. The van der Waals surface area contributed by atoms with Crippen molar-refractivity contribution in [1.82, 2.24) is 20.2 Å². The number of carboxylic acid groups (broad SMARTS) is 2. The normalized spacial score (nSPS) is 14.3. The largest absolute Gasteiger partial charge is 0.493 e. The summed E-state index contributed by atoms with van der Waals surface area (Å²) in [7, 11) is 0. The Hall–Kier alpha value is -4.65. The standard InChI is InChI=1S/C28H28N4O9/c33-22(24-20-6-5-18(15-23(20)41-30-24)40-14-9-17-7-12-39-13-8-17)16-28(26(35)36,27(37)38)10-11-32-25(34)19-3-1-2-4-21(19)29-31-32/h1-6,15,17H,7-14,16H2,(H,35,36)(H,37,38). The number of aromatic nitrogens is 4. The SMILES string of the molecule is O=C(CC(CCn1nnc2ccccc2c1=O)(C(=O)O)C(=O)O)c1noc2cc(OCCC3CCOCC3)ccc12. The van der Waals surface area contributed by atoms with Crippen LogP contribution in [0.1, 0.15) is 42.6 Å². The maximum Gasteiger partial charge on any atom is 0.321 e. The first kappa shape index (κ1) is 27.9. The van der Waals surface area contributed by atoms with Crippen molar-refractivity contribution in [3.63, 3.8) is 0 Å². The molecule has 1 fully saturated rings. The molecule has 0 saturated carbocycles. The highest BCUT2D eigenvalue weighted by Gasteiger charge is 2.49. The van der Waals surface area contributed by atoms with Crippen molar-refractivity contribution in [3.05, 3.63) is 58.5 Å². The lowest BCUT2D eigenvalue weighted by Gasteiger charge is -2.23. The molecule has 13 heteroatoms. The first-order valence-electron chi connectivity index (χ1n) is 13.2. The topological polar surface area (TPSA) is 184 Å². The van der Waals surface area contributed by atoms with Gasteiger partial charge in [0.05, 0.1) is 17.4 Å². The number of fused-ring (bicyclic) bond motifs is 2. The van der Waals surface area contributed by atoms with E-state index in [-0.39, 0.29) is 16.7 Å². The monoisotopic (exact) mass is 564 g/mol. The van der Waals surface area contributed by atoms with E-state index in [1.807, 2.05) is 0 Å². The van der Waals surface area contributed by atoms with Gasteiger partial charge in [-0.25, -0.2) is 4.68 Å². The van der Waals surface area contributed by atoms with Crippen LogP contribution < -0.4 is 10.3 Å². The van der Waals surface area contributed by atoms with Crippen molar-refractivity contribution in [2.45, 2.75) is 38.6 Å². The van der Waals surface area contributed by atoms with Crippen LogP contribution in [0, 0.1) is 11.3 Å². The van der Waals surface area contributed by atoms with E-state index in [0.29, 0.717) is 29.2 Å². The van der Waals surface area contributed by atoms with Crippen molar-refractivity contribution in [2.24, 2.45) is 11.3 Å². The summed E-state index contributed by atoms with van der Waals surface area (Å²) < 4.78 is 17.4. The molecule has 2 aromatic carbocycles. The summed E-state index contributed by atoms with van der Waals surface area (Å²) in [5.41, 5.74) is -2.71. The zero-order valence-corrected chi connectivity index (χ0v) is 22.0. The molecule has 0 radical (unpaired) electrons. The molecule has 2 aromatic heterocycles. The summed E-state index contributed by atoms with van der Waals surface area (Å²) in [5, 5.41) is 32.0. The van der Waals surface area contributed by atoms with E-state index in [2.05, 4.69) is 15.5 Å². The van der Waals surface area contributed by atoms with E-state index in [9.17, 15) is 29.4 Å². The Balaban J connectivity index is 1.31. The van der Waals surface area contributed by atoms with Crippen molar-refractivity contribution in [1.29, 1.82) is 0 Å². The van der Waals surface area contributed by atoms with Crippen LogP contribution in [-0.4, -0.2) is 67.9 Å². The predicted molar refractivity (Wildman–Crippen MR) is 143 cm³/mol. The molecule has 13 nitrogen and oxygen atoms in total. The number of carbonyl (C=O) groups is 3. The van der Waals surface area contributed by atoms with Crippen molar-refractivity contribution in [2.75, 3.05) is 19.8 Å². The molecule has 1 saturated heterocycles. The summed E-state index contributed by atoms with van der Waals surface area (Å²) in [6, 6.07) is 11.2. The summed E-state index contributed by atoms with van der Waals surface area (Å²) in [4.78, 5) is 50.6. The van der Waals surface area contributed by atoms with Gasteiger partial charge in [-0.05, 0) is 55.9 Å². The van der Waals surface area contributed by atoms with Gasteiger partial charge in [0.1, 0.15) is 11.3 Å². The lowest BCUT2D eigenvalue weighted by molar-refractivity contribution is -0.165. The molecule has 0 spiro atoms. The van der Waals surface area contributed by atoms with E-state index < -0.39 is 48.1 Å². The van der Waals surface area contributed by atoms with E-state index >= 15 is 0 Å². The summed E-state index contributed by atoms with van der Waals surface area (Å²) in [5.74, 6) is -3.23. The van der Waals surface area contributed by atoms with Gasteiger partial charge in [-0.15, -0.1) is 5.10 Å². The van der Waals surface area contributed by atoms with Gasteiger partial charge in [-0.1, -0.05) is 22.5 Å². The Morgan fingerprint density at radius 3 is 2.56 bits per heavy atom. The fourth-order valence-corrected chi connectivity index (χ4v) is 4.96. The Morgan fingerprint density at radius 1 is 1.05 bits per heavy atom. The number of aliphatic carboxylic acids is 2. The molecule has 1 aliphatic rings. The van der Waals surface area contributed by atoms with Gasteiger partial charge < -0.3 is 24.2 Å². The minimum absolute atomic E-state index is 0.191. The van der Waals surface area contributed by atoms with Gasteiger partial charge in [0.25, 0.3) is 5.56 Å². The maximum atomic E-state index is 13.2. The number of hydrogen-bond donors (Lipinski definition) is 2. The molecule has 214 valence electrons. The highest BCUT2D eigenvalue weighted by Crippen LogP contribution is 2.33. The van der Waals surface area contributed by atoms with Crippen molar-refractivity contribution >= 4 is 39.6 Å². The summed E-state index contributed by atoms with van der Waals surface area (Å²) >= 11 is 0. The van der Waals surface area contributed by atoms with Crippen LogP contribution in [0.15, 0.2) is 51.8 Å². The molecule has 1 aliphatic heterocycles. The number of carboxylic acids is 2. The number of nitrogens with zero attached hydrogens (tertiary/aromatic N) is 4. The number of Topliss-reactive ketones (excluding diaryl/α,β-unsaturated/α-hetero) is 1. The Bertz CT molecular complexity index is 1640. The number of benzene rings is 2. The van der Waals surface area contributed by atoms with Crippen LogP contribution in [0.3, 0.4) is 0 Å². The minimum atomic E-state index is -2.55. The third kappa shape index (κ3) is 5.80. The van der Waals surface area contributed by atoms with Crippen LogP contribution in [0.5, 0.6) is 5.75 Å². The number of ether oxygens (including phenoxy) is 2. The molecule has 0 unspecified atom stereocenters. The van der Waals surface area contributed by atoms with Gasteiger partial charge in [-0.2, -0.15) is 0 Å². The highest BCUT2D eigenvalue weighted by atomic mass is 16.5. The quantitative estimate of drug-likeness (QED) is 0.190. The summed E-state index contributed by atoms with van der Waals surface area (Å²) in [6.07, 6.45) is 1.35. The van der Waals surface area contributed by atoms with Crippen molar-refractivity contribution in [3.8, 4) is 5.75 Å². The average Bonchev–Trinajstić information content (AvgIpc) is 3.40. The lowest BCUT2D eigenvalue weighted by atomic mass is 9.79. The predicted octanol–water partition coefficient (Wildman–Crippen LogP) is 2.95. The lowest BCUT2D eigenvalue weighted by Crippen LogP contribution is -2.43. The van der Waals surface area contributed by atoms with Gasteiger partial charge in [0, 0.05) is 32.2 Å². The van der Waals surface area contributed by atoms with Gasteiger partial charge in [0.15, 0.2) is 22.5 Å². The highest BCUT2D eigenvalue weighted by molar-refractivity contribution is 6.10. The molecule has 3 heterocycles. The van der Waals surface area contributed by atoms with Gasteiger partial charge >= 0.3 is 11.9 Å². The number of rotatable bonds is 12. The molecule has 2 N–H and O–H groups in total. The van der Waals surface area contributed by atoms with Gasteiger partial charge in [-0.3, -0.25) is 19.2 Å². The van der Waals surface area contributed by atoms with E-state index in [1.165, 1.54) is 6.07 Å². The second kappa shape index (κ2) is 11.8. The van der Waals surface area contributed by atoms with Crippen LogP contribution in [0.25, 0.3) is 21.9 Å². The molecule has 41 heavy (non-hydrogen) atoms. The maximum absolute atomic E-state index is 13.2. The Morgan fingerprint density at radius 2 is 1.80 bits per heavy atom. The van der Waals surface area contributed by atoms with E-state index in [0.717, 1.165) is 37.2 Å². The van der Waals surface area contributed by atoms with Gasteiger partial charge in [0.2, 0.25) is 0 Å². The number of ketones is 1. The molecule has 0 bridgehead atoms. The first-order chi connectivity index (χ1) is 19.8. The van der Waals surface area contributed by atoms with Crippen molar-refractivity contribution < 1.29 is 38.6 Å². The fraction of sp³-hybridized carbons (Fsp3) is 0.393.